The van der Waals surface area contributed by atoms with Gasteiger partial charge in [-0.2, -0.15) is 5.10 Å². The van der Waals surface area contributed by atoms with Gasteiger partial charge in [0.25, 0.3) is 0 Å². The van der Waals surface area contributed by atoms with Crippen molar-refractivity contribution in [3.63, 3.8) is 0 Å². The van der Waals surface area contributed by atoms with Crippen molar-refractivity contribution in [2.45, 2.75) is 6.92 Å². The monoisotopic (exact) mass is 175 g/mol. The first-order chi connectivity index (χ1) is 5.16. The molecule has 5 heteroatoms. The molecule has 64 valence electrons. The highest BCUT2D eigenvalue weighted by Gasteiger charge is 1.94. The Morgan fingerprint density at radius 1 is 1.91 bits per heavy atom. The number of ether oxygens (including phenoxy) is 1. The van der Waals surface area contributed by atoms with E-state index in [2.05, 4.69) is 22.7 Å². The number of rotatable bonds is 4. The van der Waals surface area contributed by atoms with Crippen LogP contribution in [0.4, 0.5) is 0 Å². The second kappa shape index (κ2) is 6.06. The second-order valence-corrected chi connectivity index (χ2v) is 2.63. The number of thiocarbonyl (C=S) groups is 1. The molecule has 3 N–H and O–H groups in total. The first-order valence-electron chi connectivity index (χ1n) is 3.24. The number of nitrogens with one attached hydrogen (secondary N) is 1. The average molecular weight is 175 g/mol. The number of nitrogens with zero attached hydrogens (tertiary/aromatic N) is 1. The highest BCUT2D eigenvalue weighted by atomic mass is 32.1. The third kappa shape index (κ3) is 7.21. The molecular weight excluding hydrogens is 162 g/mol. The quantitative estimate of drug-likeness (QED) is 0.361. The molecule has 4 nitrogen and oxygen atoms in total. The summed E-state index contributed by atoms with van der Waals surface area (Å²) in [6.07, 6.45) is 1.70. The summed E-state index contributed by atoms with van der Waals surface area (Å²) < 4.78 is 4.88. The fraction of sp³-hybridized carbons (Fsp3) is 0.667. The second-order valence-electron chi connectivity index (χ2n) is 2.19. The fourth-order valence-corrected chi connectivity index (χ4v) is 0.587. The molecule has 0 saturated carbocycles. The van der Waals surface area contributed by atoms with Crippen LogP contribution < -0.4 is 11.2 Å². The summed E-state index contributed by atoms with van der Waals surface area (Å²) in [6.45, 7) is 2.62. The van der Waals surface area contributed by atoms with Crippen molar-refractivity contribution in [2.75, 3.05) is 13.7 Å². The lowest BCUT2D eigenvalue weighted by atomic mass is 10.2. The van der Waals surface area contributed by atoms with Gasteiger partial charge >= 0.3 is 0 Å². The summed E-state index contributed by atoms with van der Waals surface area (Å²) in [4.78, 5) is 0. The molecule has 0 fully saturated rings. The third-order valence-corrected chi connectivity index (χ3v) is 1.02. The molecule has 0 saturated heterocycles. The van der Waals surface area contributed by atoms with Crippen molar-refractivity contribution >= 4 is 23.5 Å². The molecule has 0 aromatic rings. The van der Waals surface area contributed by atoms with E-state index in [1.807, 2.05) is 6.92 Å². The minimum absolute atomic E-state index is 0.172. The maximum Gasteiger partial charge on any atom is 0.184 e. The van der Waals surface area contributed by atoms with Crippen molar-refractivity contribution in [1.82, 2.24) is 5.43 Å². The molecule has 0 radical (unpaired) electrons. The molecule has 0 bridgehead atoms. The highest BCUT2D eigenvalue weighted by Crippen LogP contribution is 1.88. The maximum atomic E-state index is 5.13. The molecule has 11 heavy (non-hydrogen) atoms. The number of nitrogens with two attached hydrogens (primary N) is 1. The minimum Gasteiger partial charge on any atom is -0.384 e. The van der Waals surface area contributed by atoms with E-state index in [0.717, 1.165) is 0 Å². The molecule has 0 aliphatic carbocycles. The molecule has 1 unspecified atom stereocenters. The van der Waals surface area contributed by atoms with E-state index >= 15 is 0 Å². The molecule has 1 atom stereocenters. The first kappa shape index (κ1) is 10.3. The zero-order chi connectivity index (χ0) is 8.69. The van der Waals surface area contributed by atoms with E-state index in [1.54, 1.807) is 13.3 Å². The molecule has 0 spiro atoms. The van der Waals surface area contributed by atoms with Gasteiger partial charge in [-0.1, -0.05) is 6.92 Å². The molecule has 0 aliphatic heterocycles. The van der Waals surface area contributed by atoms with E-state index in [0.29, 0.717) is 6.61 Å². The SMILES string of the molecule is COCC(C)C=NNC(N)=S. The number of hydrogen-bond acceptors (Lipinski definition) is 3. The largest absolute Gasteiger partial charge is 0.384 e. The van der Waals surface area contributed by atoms with Gasteiger partial charge in [-0.25, -0.2) is 0 Å². The molecule has 0 amide bonds. The van der Waals surface area contributed by atoms with E-state index < -0.39 is 0 Å². The smallest absolute Gasteiger partial charge is 0.184 e. The summed E-state index contributed by atoms with van der Waals surface area (Å²) in [5.41, 5.74) is 7.59. The van der Waals surface area contributed by atoms with Crippen LogP contribution in [0.5, 0.6) is 0 Å². The molecule has 0 aliphatic rings. The molecule has 0 aromatic carbocycles. The van der Waals surface area contributed by atoms with Gasteiger partial charge in [0.05, 0.1) is 6.61 Å². The maximum absolute atomic E-state index is 5.13. The zero-order valence-electron chi connectivity index (χ0n) is 6.70. The van der Waals surface area contributed by atoms with E-state index in [4.69, 9.17) is 10.5 Å². The van der Waals surface area contributed by atoms with Gasteiger partial charge in [-0.3, -0.25) is 5.43 Å². The third-order valence-electron chi connectivity index (χ3n) is 0.933. The van der Waals surface area contributed by atoms with Crippen LogP contribution in [0.1, 0.15) is 6.92 Å². The Labute approximate surface area is 71.8 Å². The van der Waals surface area contributed by atoms with Gasteiger partial charge in [0.15, 0.2) is 5.11 Å². The van der Waals surface area contributed by atoms with Crippen molar-refractivity contribution in [1.29, 1.82) is 0 Å². The van der Waals surface area contributed by atoms with E-state index in [1.165, 1.54) is 0 Å². The van der Waals surface area contributed by atoms with Crippen LogP contribution >= 0.6 is 12.2 Å². The Morgan fingerprint density at radius 2 is 2.55 bits per heavy atom. The molecule has 0 rings (SSSR count). The van der Waals surface area contributed by atoms with Crippen LogP contribution in [0.25, 0.3) is 0 Å². The van der Waals surface area contributed by atoms with Crippen LogP contribution in [0.3, 0.4) is 0 Å². The van der Waals surface area contributed by atoms with E-state index in [9.17, 15) is 0 Å². The molecular formula is C6H13N3OS. The molecule has 0 heterocycles. The summed E-state index contributed by atoms with van der Waals surface area (Å²) >= 11 is 4.53. The summed E-state index contributed by atoms with van der Waals surface area (Å²) in [6, 6.07) is 0. The van der Waals surface area contributed by atoms with Gasteiger partial charge in [0, 0.05) is 19.2 Å². The van der Waals surface area contributed by atoms with Crippen LogP contribution in [-0.2, 0) is 4.74 Å². The lowest BCUT2D eigenvalue weighted by Gasteiger charge is -2.02. The van der Waals surface area contributed by atoms with Crippen molar-refractivity contribution in [3.05, 3.63) is 0 Å². The normalized spacial score (nSPS) is 13.3. The minimum atomic E-state index is 0.172. The van der Waals surface area contributed by atoms with Crippen LogP contribution in [0.15, 0.2) is 5.10 Å². The highest BCUT2D eigenvalue weighted by molar-refractivity contribution is 7.80. The summed E-state index contributed by atoms with van der Waals surface area (Å²) in [5, 5.41) is 3.94. The fourth-order valence-electron chi connectivity index (χ4n) is 0.534. The Bertz CT molecular complexity index is 149. The molecule has 0 aromatic heterocycles. The predicted molar refractivity (Wildman–Crippen MR) is 49.5 cm³/mol. The predicted octanol–water partition coefficient (Wildman–Crippen LogP) is 0.0879. The van der Waals surface area contributed by atoms with Gasteiger partial charge in [0.1, 0.15) is 0 Å². The summed E-state index contributed by atoms with van der Waals surface area (Å²) in [5.74, 6) is 0.266. The van der Waals surface area contributed by atoms with Gasteiger partial charge < -0.3 is 10.5 Å². The van der Waals surface area contributed by atoms with Gasteiger partial charge in [-0.15, -0.1) is 0 Å². The van der Waals surface area contributed by atoms with Crippen molar-refractivity contribution in [3.8, 4) is 0 Å². The Hall–Kier alpha value is -0.680. The van der Waals surface area contributed by atoms with Crippen LogP contribution in [-0.4, -0.2) is 25.0 Å². The Balaban J connectivity index is 3.47. The van der Waals surface area contributed by atoms with Crippen LogP contribution in [0, 0.1) is 5.92 Å². The van der Waals surface area contributed by atoms with Crippen molar-refractivity contribution < 1.29 is 4.74 Å². The summed E-state index contributed by atoms with van der Waals surface area (Å²) in [7, 11) is 1.64. The van der Waals surface area contributed by atoms with Crippen molar-refractivity contribution in [2.24, 2.45) is 16.8 Å². The topological polar surface area (TPSA) is 59.6 Å². The lowest BCUT2D eigenvalue weighted by Crippen LogP contribution is -2.24. The Morgan fingerprint density at radius 3 is 3.00 bits per heavy atom. The Kier molecular flexibility index (Phi) is 5.68. The van der Waals surface area contributed by atoms with Crippen LogP contribution in [0.2, 0.25) is 0 Å². The standard InChI is InChI=1S/C6H13N3OS/c1-5(4-10-2)3-8-9-6(7)11/h3,5H,4H2,1-2H3,(H3,7,9,11). The number of hydrazone groups is 1. The zero-order valence-corrected chi connectivity index (χ0v) is 7.52. The van der Waals surface area contributed by atoms with Gasteiger partial charge in [-0.05, 0) is 12.2 Å². The van der Waals surface area contributed by atoms with Gasteiger partial charge in [0.2, 0.25) is 0 Å². The number of hydrogen-bond donors (Lipinski definition) is 2. The average Bonchev–Trinajstić information content (AvgIpc) is 1.87. The lowest BCUT2D eigenvalue weighted by molar-refractivity contribution is 0.183. The number of methoxy groups -OCH3 is 1. The first-order valence-corrected chi connectivity index (χ1v) is 3.65. The van der Waals surface area contributed by atoms with E-state index in [-0.39, 0.29) is 11.0 Å².